The molecule has 4 nitrogen and oxygen atoms in total. The van der Waals surface area contributed by atoms with Gasteiger partial charge in [-0.15, -0.1) is 0 Å². The summed E-state index contributed by atoms with van der Waals surface area (Å²) in [7, 11) is 1.60. The van der Waals surface area contributed by atoms with Crippen molar-refractivity contribution < 1.29 is 9.53 Å². The predicted octanol–water partition coefficient (Wildman–Crippen LogP) is 2.80. The van der Waals surface area contributed by atoms with Crippen LogP contribution in [0.4, 0.5) is 5.69 Å². The number of benzene rings is 1. The van der Waals surface area contributed by atoms with Crippen molar-refractivity contribution in [1.29, 1.82) is 0 Å². The van der Waals surface area contributed by atoms with Gasteiger partial charge in [0.1, 0.15) is 5.75 Å². The maximum absolute atomic E-state index is 11.2. The summed E-state index contributed by atoms with van der Waals surface area (Å²) in [5.41, 5.74) is 1.05. The molecular weight excluding hydrogens is 252 g/mol. The van der Waals surface area contributed by atoms with Gasteiger partial charge < -0.3 is 15.4 Å². The van der Waals surface area contributed by atoms with E-state index in [0.29, 0.717) is 6.04 Å². The van der Waals surface area contributed by atoms with Gasteiger partial charge in [-0.1, -0.05) is 25.3 Å². The Bertz CT molecular complexity index is 444. The molecule has 0 saturated heterocycles. The first-order chi connectivity index (χ1) is 9.67. The molecule has 1 aliphatic carbocycles. The Hall–Kier alpha value is -1.71. The van der Waals surface area contributed by atoms with E-state index in [4.69, 9.17) is 4.74 Å². The molecule has 1 atom stereocenters. The summed E-state index contributed by atoms with van der Waals surface area (Å²) in [4.78, 5) is 11.2. The first-order valence-electron chi connectivity index (χ1n) is 7.37. The third-order valence-corrected chi connectivity index (χ3v) is 3.81. The summed E-state index contributed by atoms with van der Waals surface area (Å²) in [5.74, 6) is 1.49. The highest BCUT2D eigenvalue weighted by molar-refractivity contribution is 5.77. The average molecular weight is 276 g/mol. The summed E-state index contributed by atoms with van der Waals surface area (Å²) in [6, 6.07) is 8.25. The van der Waals surface area contributed by atoms with Gasteiger partial charge in [-0.05, 0) is 31.4 Å². The second-order valence-corrected chi connectivity index (χ2v) is 5.57. The molecule has 0 aliphatic heterocycles. The second kappa shape index (κ2) is 7.17. The molecule has 2 N–H and O–H groups in total. The molecule has 0 bridgehead atoms. The van der Waals surface area contributed by atoms with Crippen LogP contribution >= 0.6 is 0 Å². The van der Waals surface area contributed by atoms with Crippen molar-refractivity contribution in [3.63, 3.8) is 0 Å². The Kier molecular flexibility index (Phi) is 5.27. The molecule has 0 aromatic heterocycles. The molecule has 1 amide bonds. The number of nitrogens with one attached hydrogen (secondary N) is 2. The van der Waals surface area contributed by atoms with Gasteiger partial charge in [-0.3, -0.25) is 4.79 Å². The van der Waals surface area contributed by atoms with E-state index in [1.165, 1.54) is 25.7 Å². The maximum Gasteiger partial charge on any atom is 0.257 e. The zero-order chi connectivity index (χ0) is 14.4. The standard InChI is InChI=1S/C16H24N2O2/c1-12(9-13-5-3-6-13)18-14-7-4-8-15(10-14)20-11-16(19)17-2/h4,7-8,10,12-13,18H,3,5-6,9,11H2,1-2H3,(H,17,19). The average Bonchev–Trinajstić information content (AvgIpc) is 2.40. The van der Waals surface area contributed by atoms with E-state index in [9.17, 15) is 4.79 Å². The summed E-state index contributed by atoms with van der Waals surface area (Å²) >= 11 is 0. The van der Waals surface area contributed by atoms with E-state index >= 15 is 0 Å². The lowest BCUT2D eigenvalue weighted by Crippen LogP contribution is -2.25. The van der Waals surface area contributed by atoms with E-state index in [-0.39, 0.29) is 12.5 Å². The lowest BCUT2D eigenvalue weighted by molar-refractivity contribution is -0.122. The maximum atomic E-state index is 11.2. The van der Waals surface area contributed by atoms with Gasteiger partial charge in [0.2, 0.25) is 0 Å². The van der Waals surface area contributed by atoms with Gasteiger partial charge in [-0.25, -0.2) is 0 Å². The van der Waals surface area contributed by atoms with Gasteiger partial charge >= 0.3 is 0 Å². The SMILES string of the molecule is CNC(=O)COc1cccc(NC(C)CC2CCC2)c1. The number of hydrogen-bond donors (Lipinski definition) is 2. The Morgan fingerprint density at radius 1 is 1.45 bits per heavy atom. The van der Waals surface area contributed by atoms with Crippen molar-refractivity contribution in [2.75, 3.05) is 19.0 Å². The topological polar surface area (TPSA) is 50.4 Å². The fourth-order valence-electron chi connectivity index (χ4n) is 2.47. The molecule has 0 heterocycles. The van der Waals surface area contributed by atoms with Crippen LogP contribution in [0.2, 0.25) is 0 Å². The van der Waals surface area contributed by atoms with Crippen LogP contribution in [0.3, 0.4) is 0 Å². The predicted molar refractivity (Wildman–Crippen MR) is 81.0 cm³/mol. The number of anilines is 1. The molecule has 1 aliphatic rings. The van der Waals surface area contributed by atoms with Crippen molar-refractivity contribution in [3.05, 3.63) is 24.3 Å². The van der Waals surface area contributed by atoms with Gasteiger partial charge in [0.05, 0.1) is 0 Å². The van der Waals surface area contributed by atoms with E-state index in [2.05, 4.69) is 17.6 Å². The zero-order valence-corrected chi connectivity index (χ0v) is 12.3. The normalized spacial score (nSPS) is 16.1. The number of ether oxygens (including phenoxy) is 1. The Morgan fingerprint density at radius 3 is 2.90 bits per heavy atom. The highest BCUT2D eigenvalue weighted by atomic mass is 16.5. The zero-order valence-electron chi connectivity index (χ0n) is 12.3. The van der Waals surface area contributed by atoms with Gasteiger partial charge in [0.15, 0.2) is 6.61 Å². The van der Waals surface area contributed by atoms with Crippen LogP contribution in [-0.4, -0.2) is 25.6 Å². The third kappa shape index (κ3) is 4.44. The molecule has 20 heavy (non-hydrogen) atoms. The third-order valence-electron chi connectivity index (χ3n) is 3.81. The Balaban J connectivity index is 1.83. The van der Waals surface area contributed by atoms with Gasteiger partial charge in [0, 0.05) is 24.8 Å². The molecule has 1 unspecified atom stereocenters. The molecule has 4 heteroatoms. The summed E-state index contributed by atoms with van der Waals surface area (Å²) in [6.07, 6.45) is 5.37. The number of likely N-dealkylation sites (N-methyl/N-ethyl adjacent to an activating group) is 1. The lowest BCUT2D eigenvalue weighted by Gasteiger charge is -2.29. The number of carbonyl (C=O) groups excluding carboxylic acids is 1. The summed E-state index contributed by atoms with van der Waals surface area (Å²) in [5, 5.41) is 6.04. The molecule has 110 valence electrons. The molecule has 0 spiro atoms. The number of carbonyl (C=O) groups is 1. The fourth-order valence-corrected chi connectivity index (χ4v) is 2.47. The first kappa shape index (κ1) is 14.7. The van der Waals surface area contributed by atoms with Crippen LogP contribution in [0.1, 0.15) is 32.6 Å². The van der Waals surface area contributed by atoms with Crippen molar-refractivity contribution in [2.45, 2.75) is 38.6 Å². The fraction of sp³-hybridized carbons (Fsp3) is 0.562. The molecule has 1 aromatic rings. The van der Waals surface area contributed by atoms with Crippen LogP contribution < -0.4 is 15.4 Å². The van der Waals surface area contributed by atoms with Crippen LogP contribution in [0.5, 0.6) is 5.75 Å². The Labute approximate surface area is 120 Å². The van der Waals surface area contributed by atoms with Crippen molar-refractivity contribution in [1.82, 2.24) is 5.32 Å². The molecule has 1 aromatic carbocycles. The monoisotopic (exact) mass is 276 g/mol. The van der Waals surface area contributed by atoms with E-state index in [1.54, 1.807) is 7.05 Å². The molecular formula is C16H24N2O2. The van der Waals surface area contributed by atoms with Crippen LogP contribution in [-0.2, 0) is 4.79 Å². The minimum absolute atomic E-state index is 0.0532. The van der Waals surface area contributed by atoms with Crippen molar-refractivity contribution >= 4 is 11.6 Å². The Morgan fingerprint density at radius 2 is 2.25 bits per heavy atom. The molecule has 1 fully saturated rings. The minimum Gasteiger partial charge on any atom is -0.484 e. The van der Waals surface area contributed by atoms with Crippen LogP contribution in [0.15, 0.2) is 24.3 Å². The van der Waals surface area contributed by atoms with Crippen molar-refractivity contribution in [2.24, 2.45) is 5.92 Å². The first-order valence-corrected chi connectivity index (χ1v) is 7.37. The largest absolute Gasteiger partial charge is 0.484 e. The van der Waals surface area contributed by atoms with Gasteiger partial charge in [-0.2, -0.15) is 0 Å². The highest BCUT2D eigenvalue weighted by Crippen LogP contribution is 2.31. The molecule has 0 radical (unpaired) electrons. The second-order valence-electron chi connectivity index (χ2n) is 5.57. The molecule has 1 saturated carbocycles. The van der Waals surface area contributed by atoms with E-state index in [0.717, 1.165) is 17.4 Å². The van der Waals surface area contributed by atoms with E-state index in [1.807, 2.05) is 24.3 Å². The molecule has 2 rings (SSSR count). The smallest absolute Gasteiger partial charge is 0.257 e. The number of hydrogen-bond acceptors (Lipinski definition) is 3. The van der Waals surface area contributed by atoms with Gasteiger partial charge in [0.25, 0.3) is 5.91 Å². The van der Waals surface area contributed by atoms with Crippen LogP contribution in [0.25, 0.3) is 0 Å². The highest BCUT2D eigenvalue weighted by Gasteiger charge is 2.19. The lowest BCUT2D eigenvalue weighted by atomic mass is 9.81. The summed E-state index contributed by atoms with van der Waals surface area (Å²) in [6.45, 7) is 2.27. The summed E-state index contributed by atoms with van der Waals surface area (Å²) < 4.78 is 5.44. The number of amides is 1. The van der Waals surface area contributed by atoms with E-state index < -0.39 is 0 Å². The quantitative estimate of drug-likeness (QED) is 0.805. The minimum atomic E-state index is -0.123. The van der Waals surface area contributed by atoms with Crippen molar-refractivity contribution in [3.8, 4) is 5.75 Å². The number of rotatable bonds is 7. The van der Waals surface area contributed by atoms with Crippen LogP contribution in [0, 0.1) is 5.92 Å².